The Balaban J connectivity index is 2.31. The number of rotatable bonds is 3. The summed E-state index contributed by atoms with van der Waals surface area (Å²) in [5, 5.41) is 9.08. The van der Waals surface area contributed by atoms with Crippen LogP contribution in [-0.4, -0.2) is 29.1 Å². The zero-order chi connectivity index (χ0) is 12.3. The third-order valence-corrected chi connectivity index (χ3v) is 3.15. The Kier molecular flexibility index (Phi) is 3.61. The number of aromatic carboxylic acids is 1. The second kappa shape index (κ2) is 5.17. The molecule has 92 valence electrons. The van der Waals surface area contributed by atoms with Gasteiger partial charge < -0.3 is 10.0 Å². The molecule has 0 saturated carbocycles. The van der Waals surface area contributed by atoms with Crippen LogP contribution in [0.3, 0.4) is 0 Å². The smallest absolute Gasteiger partial charge is 0.335 e. The lowest BCUT2D eigenvalue weighted by atomic mass is 10.1. The summed E-state index contributed by atoms with van der Waals surface area (Å²) in [6.07, 6.45) is 4.36. The van der Waals surface area contributed by atoms with Gasteiger partial charge in [-0.3, -0.25) is 0 Å². The van der Waals surface area contributed by atoms with Crippen molar-refractivity contribution in [1.82, 2.24) is 4.98 Å². The maximum atomic E-state index is 11.1. The molecule has 0 spiro atoms. The monoisotopic (exact) mass is 234 g/mol. The average molecular weight is 234 g/mol. The van der Waals surface area contributed by atoms with Crippen molar-refractivity contribution < 1.29 is 9.90 Å². The van der Waals surface area contributed by atoms with Gasteiger partial charge in [-0.2, -0.15) is 0 Å². The number of hydrogen-bond donors (Lipinski definition) is 1. The number of carboxylic acid groups (broad SMARTS) is 1. The first-order valence-electron chi connectivity index (χ1n) is 6.20. The lowest BCUT2D eigenvalue weighted by Crippen LogP contribution is -2.30. The number of anilines is 1. The van der Waals surface area contributed by atoms with Crippen LogP contribution in [0.25, 0.3) is 0 Å². The largest absolute Gasteiger partial charge is 0.478 e. The molecule has 0 aromatic carbocycles. The van der Waals surface area contributed by atoms with Gasteiger partial charge >= 0.3 is 5.97 Å². The quantitative estimate of drug-likeness (QED) is 0.872. The molecule has 17 heavy (non-hydrogen) atoms. The minimum atomic E-state index is -0.875. The molecule has 0 unspecified atom stereocenters. The van der Waals surface area contributed by atoms with Gasteiger partial charge in [-0.15, -0.1) is 0 Å². The summed E-state index contributed by atoms with van der Waals surface area (Å²) in [6, 6.07) is 3.35. The van der Waals surface area contributed by atoms with E-state index in [2.05, 4.69) is 9.88 Å². The Bertz CT molecular complexity index is 412. The number of hydrogen-bond acceptors (Lipinski definition) is 3. The van der Waals surface area contributed by atoms with E-state index >= 15 is 0 Å². The van der Waals surface area contributed by atoms with Gasteiger partial charge in [0.25, 0.3) is 0 Å². The molecular formula is C13H18N2O2. The maximum absolute atomic E-state index is 11.1. The zero-order valence-electron chi connectivity index (χ0n) is 10.1. The van der Waals surface area contributed by atoms with Gasteiger partial charge in [-0.1, -0.05) is 6.92 Å². The molecule has 1 saturated heterocycles. The van der Waals surface area contributed by atoms with Gasteiger partial charge in [0.2, 0.25) is 0 Å². The number of pyridine rings is 1. The van der Waals surface area contributed by atoms with Crippen LogP contribution >= 0.6 is 0 Å². The van der Waals surface area contributed by atoms with Crippen molar-refractivity contribution in [2.45, 2.75) is 32.6 Å². The van der Waals surface area contributed by atoms with Crippen LogP contribution in [0.5, 0.6) is 0 Å². The van der Waals surface area contributed by atoms with Crippen molar-refractivity contribution in [3.05, 3.63) is 23.4 Å². The van der Waals surface area contributed by atoms with Crippen molar-refractivity contribution in [3.63, 3.8) is 0 Å². The molecule has 1 aromatic heterocycles. The standard InChI is InChI=1S/C13H18N2O2/c1-2-11-8-10(13(16)17)9-12(14-11)15-6-4-3-5-7-15/h8-9H,2-7H2,1H3,(H,16,17). The van der Waals surface area contributed by atoms with Gasteiger partial charge in [0.15, 0.2) is 0 Å². The first-order chi connectivity index (χ1) is 8.20. The summed E-state index contributed by atoms with van der Waals surface area (Å²) in [6.45, 7) is 3.96. The molecule has 2 rings (SSSR count). The van der Waals surface area contributed by atoms with E-state index < -0.39 is 5.97 Å². The van der Waals surface area contributed by atoms with Crippen molar-refractivity contribution >= 4 is 11.8 Å². The number of nitrogens with zero attached hydrogens (tertiary/aromatic N) is 2. The molecule has 0 atom stereocenters. The first kappa shape index (κ1) is 11.9. The van der Waals surface area contributed by atoms with Crippen molar-refractivity contribution in [2.75, 3.05) is 18.0 Å². The summed E-state index contributed by atoms with van der Waals surface area (Å²) in [4.78, 5) is 17.8. The second-order valence-electron chi connectivity index (χ2n) is 4.41. The molecular weight excluding hydrogens is 216 g/mol. The highest BCUT2D eigenvalue weighted by Crippen LogP contribution is 2.20. The van der Waals surface area contributed by atoms with Crippen LogP contribution in [0, 0.1) is 0 Å². The summed E-state index contributed by atoms with van der Waals surface area (Å²) >= 11 is 0. The third kappa shape index (κ3) is 2.75. The number of aryl methyl sites for hydroxylation is 1. The highest BCUT2D eigenvalue weighted by Gasteiger charge is 2.15. The van der Waals surface area contributed by atoms with E-state index in [9.17, 15) is 4.79 Å². The lowest BCUT2D eigenvalue weighted by Gasteiger charge is -2.28. The third-order valence-electron chi connectivity index (χ3n) is 3.15. The van der Waals surface area contributed by atoms with Gasteiger partial charge in [0, 0.05) is 18.8 Å². The minimum Gasteiger partial charge on any atom is -0.478 e. The topological polar surface area (TPSA) is 53.4 Å². The molecule has 1 N–H and O–H groups in total. The number of carboxylic acids is 1. The van der Waals surface area contributed by atoms with Crippen molar-refractivity contribution in [2.24, 2.45) is 0 Å². The molecule has 0 bridgehead atoms. The highest BCUT2D eigenvalue weighted by atomic mass is 16.4. The van der Waals surface area contributed by atoms with Crippen LogP contribution in [0.2, 0.25) is 0 Å². The molecule has 1 aliphatic rings. The minimum absolute atomic E-state index is 0.345. The van der Waals surface area contributed by atoms with Crippen LogP contribution in [-0.2, 0) is 6.42 Å². The number of piperidine rings is 1. The normalized spacial score (nSPS) is 15.9. The number of aromatic nitrogens is 1. The fraction of sp³-hybridized carbons (Fsp3) is 0.538. The zero-order valence-corrected chi connectivity index (χ0v) is 10.1. The summed E-state index contributed by atoms with van der Waals surface area (Å²) in [5.41, 5.74) is 1.20. The summed E-state index contributed by atoms with van der Waals surface area (Å²) < 4.78 is 0. The molecule has 2 heterocycles. The Labute approximate surface area is 101 Å². The van der Waals surface area contributed by atoms with E-state index in [1.807, 2.05) is 6.92 Å². The van der Waals surface area contributed by atoms with Gasteiger partial charge in [-0.05, 0) is 37.8 Å². The van der Waals surface area contributed by atoms with Crippen LogP contribution in [0.1, 0.15) is 42.2 Å². The highest BCUT2D eigenvalue weighted by molar-refractivity contribution is 5.88. The predicted octanol–water partition coefficient (Wildman–Crippen LogP) is 2.33. The summed E-state index contributed by atoms with van der Waals surface area (Å²) in [5.74, 6) is -0.0539. The SMILES string of the molecule is CCc1cc(C(=O)O)cc(N2CCCCC2)n1. The predicted molar refractivity (Wildman–Crippen MR) is 66.6 cm³/mol. The Morgan fingerprint density at radius 2 is 2.06 bits per heavy atom. The van der Waals surface area contributed by atoms with E-state index in [0.717, 1.165) is 31.0 Å². The van der Waals surface area contributed by atoms with E-state index in [4.69, 9.17) is 5.11 Å². The second-order valence-corrected chi connectivity index (χ2v) is 4.41. The average Bonchev–Trinajstić information content (AvgIpc) is 2.39. The molecule has 4 nitrogen and oxygen atoms in total. The Morgan fingerprint density at radius 1 is 1.35 bits per heavy atom. The van der Waals surface area contributed by atoms with Gasteiger partial charge in [-0.25, -0.2) is 9.78 Å². The van der Waals surface area contributed by atoms with Gasteiger partial charge in [0.1, 0.15) is 5.82 Å². The van der Waals surface area contributed by atoms with E-state index in [1.54, 1.807) is 12.1 Å². The molecule has 1 aromatic rings. The summed E-state index contributed by atoms with van der Waals surface area (Å²) in [7, 11) is 0. The van der Waals surface area contributed by atoms with Crippen molar-refractivity contribution in [1.29, 1.82) is 0 Å². The van der Waals surface area contributed by atoms with Crippen LogP contribution in [0.15, 0.2) is 12.1 Å². The molecule has 1 fully saturated rings. The Hall–Kier alpha value is -1.58. The molecule has 0 aliphatic carbocycles. The van der Waals surface area contributed by atoms with E-state index in [0.29, 0.717) is 5.56 Å². The first-order valence-corrected chi connectivity index (χ1v) is 6.20. The van der Waals surface area contributed by atoms with E-state index in [-0.39, 0.29) is 0 Å². The van der Waals surface area contributed by atoms with Crippen LogP contribution in [0.4, 0.5) is 5.82 Å². The van der Waals surface area contributed by atoms with Crippen LogP contribution < -0.4 is 4.90 Å². The van der Waals surface area contributed by atoms with Crippen molar-refractivity contribution in [3.8, 4) is 0 Å². The fourth-order valence-corrected chi connectivity index (χ4v) is 2.16. The number of carbonyl (C=O) groups is 1. The van der Waals surface area contributed by atoms with Gasteiger partial charge in [0.05, 0.1) is 5.56 Å². The maximum Gasteiger partial charge on any atom is 0.335 e. The molecule has 1 aliphatic heterocycles. The molecule has 4 heteroatoms. The molecule has 0 amide bonds. The van der Waals surface area contributed by atoms with E-state index in [1.165, 1.54) is 19.3 Å². The Morgan fingerprint density at radius 3 is 2.65 bits per heavy atom. The fourth-order valence-electron chi connectivity index (χ4n) is 2.16. The molecule has 0 radical (unpaired) electrons. The lowest BCUT2D eigenvalue weighted by molar-refractivity contribution is 0.0696.